The Kier molecular flexibility index (Phi) is 11.8. The highest BCUT2D eigenvalue weighted by molar-refractivity contribution is 5.92. The van der Waals surface area contributed by atoms with Crippen LogP contribution in [-0.4, -0.2) is 52.6 Å². The fourth-order valence-corrected chi connectivity index (χ4v) is 4.33. The minimum atomic E-state index is -0.994. The van der Waals surface area contributed by atoms with E-state index in [2.05, 4.69) is 17.6 Å². The van der Waals surface area contributed by atoms with Crippen LogP contribution in [0, 0.1) is 13.8 Å². The number of hydrogen-bond acceptors (Lipinski definition) is 5. The largest absolute Gasteiger partial charge is 0.508 e. The fourth-order valence-electron chi connectivity index (χ4n) is 4.33. The standard InChI is InChI=1S/C31H45N3O5/c1-8-10-18-32-28(36)27(25-13-11-12-21(3)22(25)4)34(19-9-2)29(37)26(33-30(38)39-31(5,6)7)20-23-14-16-24(35)17-15-23/h11-17,26-27,35H,8-10,18-20H2,1-7H3,(H,32,36)(H,33,38). The van der Waals surface area contributed by atoms with Gasteiger partial charge in [-0.15, -0.1) is 0 Å². The summed E-state index contributed by atoms with van der Waals surface area (Å²) in [6.45, 7) is 14.0. The van der Waals surface area contributed by atoms with E-state index < -0.39 is 23.8 Å². The molecule has 2 unspecified atom stereocenters. The molecule has 8 nitrogen and oxygen atoms in total. The van der Waals surface area contributed by atoms with Crippen molar-refractivity contribution < 1.29 is 24.2 Å². The number of phenolic OH excluding ortho intramolecular Hbond substituents is 1. The molecule has 0 fully saturated rings. The van der Waals surface area contributed by atoms with Gasteiger partial charge in [-0.05, 0) is 81.8 Å². The summed E-state index contributed by atoms with van der Waals surface area (Å²) in [6, 6.07) is 10.4. The number of aryl methyl sites for hydroxylation is 1. The molecule has 3 amide bonds. The second kappa shape index (κ2) is 14.6. The second-order valence-corrected chi connectivity index (χ2v) is 10.9. The number of carbonyl (C=O) groups is 3. The topological polar surface area (TPSA) is 108 Å². The predicted molar refractivity (Wildman–Crippen MR) is 154 cm³/mol. The van der Waals surface area contributed by atoms with Gasteiger partial charge >= 0.3 is 6.09 Å². The number of carbonyl (C=O) groups excluding carboxylic acids is 3. The van der Waals surface area contributed by atoms with Crippen LogP contribution in [0.15, 0.2) is 42.5 Å². The Labute approximate surface area is 233 Å². The highest BCUT2D eigenvalue weighted by Gasteiger charge is 2.36. The summed E-state index contributed by atoms with van der Waals surface area (Å²) in [4.78, 5) is 42.4. The van der Waals surface area contributed by atoms with Gasteiger partial charge in [0.1, 0.15) is 23.4 Å². The highest BCUT2D eigenvalue weighted by atomic mass is 16.6. The Balaban J connectivity index is 2.54. The average Bonchev–Trinajstić information content (AvgIpc) is 2.85. The van der Waals surface area contributed by atoms with Crippen LogP contribution in [-0.2, 0) is 20.7 Å². The molecule has 2 rings (SSSR count). The maximum Gasteiger partial charge on any atom is 0.408 e. The first-order valence-electron chi connectivity index (χ1n) is 13.8. The molecule has 0 aliphatic heterocycles. The lowest BCUT2D eigenvalue weighted by Crippen LogP contribution is -2.54. The van der Waals surface area contributed by atoms with Gasteiger partial charge in [0, 0.05) is 19.5 Å². The number of hydrogen-bond donors (Lipinski definition) is 3. The van der Waals surface area contributed by atoms with Crippen molar-refractivity contribution in [1.82, 2.24) is 15.5 Å². The van der Waals surface area contributed by atoms with Crippen molar-refractivity contribution in [2.24, 2.45) is 0 Å². The molecule has 0 radical (unpaired) electrons. The third-order valence-corrected chi connectivity index (χ3v) is 6.44. The third kappa shape index (κ3) is 9.61. The molecule has 3 N–H and O–H groups in total. The van der Waals surface area contributed by atoms with Gasteiger partial charge < -0.3 is 25.4 Å². The van der Waals surface area contributed by atoms with Gasteiger partial charge in [-0.2, -0.15) is 0 Å². The Morgan fingerprint density at radius 2 is 1.67 bits per heavy atom. The van der Waals surface area contributed by atoms with E-state index in [4.69, 9.17) is 4.74 Å². The minimum absolute atomic E-state index is 0.105. The number of nitrogens with one attached hydrogen (secondary N) is 2. The van der Waals surface area contributed by atoms with Crippen molar-refractivity contribution in [3.8, 4) is 5.75 Å². The zero-order valence-corrected chi connectivity index (χ0v) is 24.5. The van der Waals surface area contributed by atoms with Crippen LogP contribution in [0.3, 0.4) is 0 Å². The molecule has 214 valence electrons. The average molecular weight is 540 g/mol. The number of ether oxygens (including phenoxy) is 1. The number of nitrogens with zero attached hydrogens (tertiary/aromatic N) is 1. The van der Waals surface area contributed by atoms with Gasteiger partial charge in [0.15, 0.2) is 0 Å². The van der Waals surface area contributed by atoms with E-state index in [1.165, 1.54) is 12.1 Å². The van der Waals surface area contributed by atoms with Gasteiger partial charge in [0.25, 0.3) is 0 Å². The van der Waals surface area contributed by atoms with Crippen molar-refractivity contribution >= 4 is 17.9 Å². The van der Waals surface area contributed by atoms with E-state index in [1.54, 1.807) is 37.8 Å². The molecule has 0 spiro atoms. The normalized spacial score (nSPS) is 12.8. The fraction of sp³-hybridized carbons (Fsp3) is 0.516. The molecule has 2 aromatic rings. The smallest absolute Gasteiger partial charge is 0.408 e. The Bertz CT molecular complexity index is 1110. The van der Waals surface area contributed by atoms with Crippen LogP contribution in [0.25, 0.3) is 0 Å². The number of alkyl carbamates (subject to hydrolysis) is 1. The maximum absolute atomic E-state index is 14.3. The lowest BCUT2D eigenvalue weighted by molar-refractivity contribution is -0.142. The number of phenols is 1. The van der Waals surface area contributed by atoms with Crippen molar-refractivity contribution in [2.75, 3.05) is 13.1 Å². The van der Waals surface area contributed by atoms with E-state index in [9.17, 15) is 19.5 Å². The number of amides is 3. The lowest BCUT2D eigenvalue weighted by atomic mass is 9.94. The number of benzene rings is 2. The predicted octanol–water partition coefficient (Wildman–Crippen LogP) is 5.34. The van der Waals surface area contributed by atoms with E-state index in [-0.39, 0.29) is 24.0 Å². The van der Waals surface area contributed by atoms with E-state index >= 15 is 0 Å². The van der Waals surface area contributed by atoms with Crippen molar-refractivity contribution in [2.45, 2.75) is 91.8 Å². The molecule has 0 aromatic heterocycles. The molecule has 0 aliphatic rings. The van der Waals surface area contributed by atoms with Crippen LogP contribution in [0.5, 0.6) is 5.75 Å². The Morgan fingerprint density at radius 1 is 1.00 bits per heavy atom. The van der Waals surface area contributed by atoms with Gasteiger partial charge in [0.2, 0.25) is 11.8 Å². The molecular formula is C31H45N3O5. The first-order chi connectivity index (χ1) is 18.4. The second-order valence-electron chi connectivity index (χ2n) is 10.9. The molecular weight excluding hydrogens is 494 g/mol. The number of rotatable bonds is 12. The minimum Gasteiger partial charge on any atom is -0.508 e. The zero-order valence-electron chi connectivity index (χ0n) is 24.5. The summed E-state index contributed by atoms with van der Waals surface area (Å²) >= 11 is 0. The molecule has 2 aromatic carbocycles. The van der Waals surface area contributed by atoms with Gasteiger partial charge in [0.05, 0.1) is 0 Å². The van der Waals surface area contributed by atoms with Gasteiger partial charge in [-0.25, -0.2) is 4.79 Å². The van der Waals surface area contributed by atoms with E-state index in [0.717, 1.165) is 35.1 Å². The summed E-state index contributed by atoms with van der Waals surface area (Å²) in [7, 11) is 0. The van der Waals surface area contributed by atoms with Crippen molar-refractivity contribution in [1.29, 1.82) is 0 Å². The number of aromatic hydroxyl groups is 1. The molecule has 2 atom stereocenters. The van der Waals surface area contributed by atoms with Gasteiger partial charge in [-0.1, -0.05) is 50.6 Å². The molecule has 8 heteroatoms. The van der Waals surface area contributed by atoms with Crippen LogP contribution in [0.2, 0.25) is 0 Å². The van der Waals surface area contributed by atoms with E-state index in [1.807, 2.05) is 39.0 Å². The Morgan fingerprint density at radius 3 is 2.26 bits per heavy atom. The molecule has 39 heavy (non-hydrogen) atoms. The molecule has 0 aliphatic carbocycles. The highest BCUT2D eigenvalue weighted by Crippen LogP contribution is 2.28. The third-order valence-electron chi connectivity index (χ3n) is 6.44. The van der Waals surface area contributed by atoms with Crippen molar-refractivity contribution in [3.05, 3.63) is 64.7 Å². The van der Waals surface area contributed by atoms with Crippen LogP contribution in [0.1, 0.15) is 82.2 Å². The summed E-state index contributed by atoms with van der Waals surface area (Å²) in [6.07, 6.45) is 1.83. The first-order valence-corrected chi connectivity index (χ1v) is 13.8. The van der Waals surface area contributed by atoms with Crippen molar-refractivity contribution in [3.63, 3.8) is 0 Å². The van der Waals surface area contributed by atoms with Gasteiger partial charge in [-0.3, -0.25) is 9.59 Å². The van der Waals surface area contributed by atoms with Crippen LogP contribution in [0.4, 0.5) is 4.79 Å². The molecule has 0 saturated heterocycles. The number of unbranched alkanes of at least 4 members (excludes halogenated alkanes) is 1. The summed E-state index contributed by atoms with van der Waals surface area (Å²) in [5.41, 5.74) is 2.72. The molecule has 0 saturated carbocycles. The summed E-state index contributed by atoms with van der Waals surface area (Å²) in [5.74, 6) is -0.528. The SMILES string of the molecule is CCCCNC(=O)C(c1cccc(C)c1C)N(CCC)C(=O)C(Cc1ccc(O)cc1)NC(=O)OC(C)(C)C. The summed E-state index contributed by atoms with van der Waals surface area (Å²) in [5, 5.41) is 15.5. The summed E-state index contributed by atoms with van der Waals surface area (Å²) < 4.78 is 5.47. The zero-order chi connectivity index (χ0) is 29.2. The first kappa shape index (κ1) is 31.7. The van der Waals surface area contributed by atoms with Crippen LogP contribution >= 0.6 is 0 Å². The Hall–Kier alpha value is -3.55. The lowest BCUT2D eigenvalue weighted by Gasteiger charge is -2.35. The van der Waals surface area contributed by atoms with E-state index in [0.29, 0.717) is 19.5 Å². The maximum atomic E-state index is 14.3. The molecule has 0 bridgehead atoms. The molecule has 0 heterocycles. The quantitative estimate of drug-likeness (QED) is 0.316. The van der Waals surface area contributed by atoms with Crippen LogP contribution < -0.4 is 10.6 Å². The monoisotopic (exact) mass is 539 g/mol.